The monoisotopic (exact) mass is 274 g/mol. The Kier molecular flexibility index (Phi) is 8.25. The summed E-state index contributed by atoms with van der Waals surface area (Å²) in [7, 11) is 0. The van der Waals surface area contributed by atoms with E-state index in [2.05, 4.69) is 19.1 Å². The van der Waals surface area contributed by atoms with E-state index in [4.69, 9.17) is 9.47 Å². The van der Waals surface area contributed by atoms with Gasteiger partial charge in [-0.2, -0.15) is 0 Å². The molecule has 19 heavy (non-hydrogen) atoms. The van der Waals surface area contributed by atoms with E-state index in [0.717, 1.165) is 12.8 Å². The third kappa shape index (κ3) is 6.01. The van der Waals surface area contributed by atoms with Gasteiger partial charge < -0.3 is 24.8 Å². The molecular formula is C14H26O5. The van der Waals surface area contributed by atoms with Crippen molar-refractivity contribution in [1.29, 1.82) is 0 Å². The van der Waals surface area contributed by atoms with Crippen molar-refractivity contribution >= 4 is 0 Å². The van der Waals surface area contributed by atoms with Crippen LogP contribution in [0.25, 0.3) is 0 Å². The Morgan fingerprint density at radius 1 is 1.32 bits per heavy atom. The van der Waals surface area contributed by atoms with E-state index in [0.29, 0.717) is 6.61 Å². The average Bonchev–Trinajstić information content (AvgIpc) is 2.73. The molecule has 0 aromatic heterocycles. The standard InChI is InChI=1S/C14H26O5/c1-2-3-4-5-6-7-8-18-9-12(16)14-13(17)11(15)10-19-14/h5-6,11-17H,2-4,7-10H2,1H3/b6-5+/t11-,12+,13+,14+/m1/s1. The van der Waals surface area contributed by atoms with Crippen molar-refractivity contribution in [2.75, 3.05) is 19.8 Å². The van der Waals surface area contributed by atoms with Crippen LogP contribution in [-0.2, 0) is 9.47 Å². The minimum atomic E-state index is -1.03. The van der Waals surface area contributed by atoms with Gasteiger partial charge in [0.1, 0.15) is 24.4 Å². The fraction of sp³-hybridized carbons (Fsp3) is 0.857. The molecule has 5 heteroatoms. The van der Waals surface area contributed by atoms with Crippen molar-refractivity contribution in [2.45, 2.75) is 57.0 Å². The van der Waals surface area contributed by atoms with Crippen molar-refractivity contribution < 1.29 is 24.8 Å². The maximum atomic E-state index is 9.77. The molecule has 0 radical (unpaired) electrons. The Morgan fingerprint density at radius 2 is 2.05 bits per heavy atom. The van der Waals surface area contributed by atoms with Gasteiger partial charge in [-0.25, -0.2) is 0 Å². The summed E-state index contributed by atoms with van der Waals surface area (Å²) in [4.78, 5) is 0. The molecule has 0 aromatic carbocycles. The molecule has 0 bridgehead atoms. The van der Waals surface area contributed by atoms with Crippen LogP contribution in [-0.4, -0.2) is 59.6 Å². The highest BCUT2D eigenvalue weighted by Crippen LogP contribution is 2.17. The Bertz CT molecular complexity index is 256. The molecule has 0 spiro atoms. The molecule has 112 valence electrons. The largest absolute Gasteiger partial charge is 0.388 e. The first kappa shape index (κ1) is 16.6. The smallest absolute Gasteiger partial charge is 0.114 e. The minimum absolute atomic E-state index is 0.0586. The third-order valence-electron chi connectivity index (χ3n) is 3.18. The highest BCUT2D eigenvalue weighted by molar-refractivity contribution is 4.88. The predicted molar refractivity (Wildman–Crippen MR) is 71.9 cm³/mol. The molecular weight excluding hydrogens is 248 g/mol. The van der Waals surface area contributed by atoms with E-state index >= 15 is 0 Å². The molecule has 1 aliphatic heterocycles. The molecule has 1 fully saturated rings. The number of ether oxygens (including phenoxy) is 2. The van der Waals surface area contributed by atoms with Gasteiger partial charge in [-0.3, -0.25) is 0 Å². The van der Waals surface area contributed by atoms with Crippen LogP contribution >= 0.6 is 0 Å². The summed E-state index contributed by atoms with van der Waals surface area (Å²) in [5.74, 6) is 0. The summed E-state index contributed by atoms with van der Waals surface area (Å²) >= 11 is 0. The topological polar surface area (TPSA) is 79.2 Å². The first-order valence-corrected chi connectivity index (χ1v) is 7.05. The fourth-order valence-corrected chi connectivity index (χ4v) is 1.97. The van der Waals surface area contributed by atoms with E-state index in [1.54, 1.807) is 0 Å². The Hall–Kier alpha value is -0.460. The second kappa shape index (κ2) is 9.44. The lowest BCUT2D eigenvalue weighted by Gasteiger charge is -2.20. The molecule has 0 saturated carbocycles. The maximum absolute atomic E-state index is 9.77. The Morgan fingerprint density at radius 3 is 2.68 bits per heavy atom. The molecule has 1 aliphatic rings. The van der Waals surface area contributed by atoms with Gasteiger partial charge in [0.05, 0.1) is 19.8 Å². The number of hydrogen-bond acceptors (Lipinski definition) is 5. The molecule has 4 atom stereocenters. The van der Waals surface area contributed by atoms with Crippen molar-refractivity contribution in [1.82, 2.24) is 0 Å². The zero-order valence-corrected chi connectivity index (χ0v) is 11.6. The van der Waals surface area contributed by atoms with Crippen LogP contribution in [0.15, 0.2) is 12.2 Å². The highest BCUT2D eigenvalue weighted by atomic mass is 16.5. The lowest BCUT2D eigenvalue weighted by atomic mass is 10.1. The van der Waals surface area contributed by atoms with Crippen LogP contribution in [0.2, 0.25) is 0 Å². The third-order valence-corrected chi connectivity index (χ3v) is 3.18. The number of aliphatic hydroxyl groups is 3. The highest BCUT2D eigenvalue weighted by Gasteiger charge is 2.39. The zero-order chi connectivity index (χ0) is 14.1. The van der Waals surface area contributed by atoms with Gasteiger partial charge in [-0.05, 0) is 12.8 Å². The van der Waals surface area contributed by atoms with Crippen LogP contribution in [0, 0.1) is 0 Å². The second-order valence-electron chi connectivity index (χ2n) is 4.90. The van der Waals surface area contributed by atoms with Crippen LogP contribution in [0.1, 0.15) is 32.6 Å². The van der Waals surface area contributed by atoms with Crippen LogP contribution in [0.4, 0.5) is 0 Å². The molecule has 3 N–H and O–H groups in total. The first-order valence-electron chi connectivity index (χ1n) is 7.05. The lowest BCUT2D eigenvalue weighted by molar-refractivity contribution is -0.0806. The van der Waals surface area contributed by atoms with Crippen molar-refractivity contribution in [3.63, 3.8) is 0 Å². The van der Waals surface area contributed by atoms with E-state index in [1.807, 2.05) is 0 Å². The molecule has 1 saturated heterocycles. The number of rotatable bonds is 9. The van der Waals surface area contributed by atoms with E-state index in [-0.39, 0.29) is 13.2 Å². The van der Waals surface area contributed by atoms with E-state index < -0.39 is 24.4 Å². The summed E-state index contributed by atoms with van der Waals surface area (Å²) in [5.41, 5.74) is 0. The van der Waals surface area contributed by atoms with Gasteiger partial charge in [0.2, 0.25) is 0 Å². The molecule has 0 aromatic rings. The van der Waals surface area contributed by atoms with Crippen molar-refractivity contribution in [3.8, 4) is 0 Å². The van der Waals surface area contributed by atoms with Crippen molar-refractivity contribution in [2.24, 2.45) is 0 Å². The summed E-state index contributed by atoms with van der Waals surface area (Å²) in [6.45, 7) is 2.86. The summed E-state index contributed by atoms with van der Waals surface area (Å²) < 4.78 is 10.4. The maximum Gasteiger partial charge on any atom is 0.114 e. The molecule has 1 heterocycles. The number of hydrogen-bond donors (Lipinski definition) is 3. The number of aliphatic hydroxyl groups excluding tert-OH is 3. The van der Waals surface area contributed by atoms with Gasteiger partial charge in [-0.15, -0.1) is 0 Å². The van der Waals surface area contributed by atoms with Gasteiger partial charge in [0, 0.05) is 0 Å². The van der Waals surface area contributed by atoms with E-state index in [9.17, 15) is 15.3 Å². The number of allylic oxidation sites excluding steroid dienone is 1. The van der Waals surface area contributed by atoms with Crippen LogP contribution < -0.4 is 0 Å². The molecule has 1 rings (SSSR count). The van der Waals surface area contributed by atoms with Gasteiger partial charge in [-0.1, -0.05) is 31.9 Å². The SMILES string of the molecule is CCCC/C=C/CCOC[C@H](O)[C@@H]1OC[C@@H](O)[C@@H]1O. The summed E-state index contributed by atoms with van der Waals surface area (Å²) in [6.07, 6.45) is 4.92. The quantitative estimate of drug-likeness (QED) is 0.424. The second-order valence-corrected chi connectivity index (χ2v) is 4.90. The number of unbranched alkanes of at least 4 members (excludes halogenated alkanes) is 2. The zero-order valence-electron chi connectivity index (χ0n) is 11.6. The van der Waals surface area contributed by atoms with Gasteiger partial charge in [0.25, 0.3) is 0 Å². The van der Waals surface area contributed by atoms with Crippen LogP contribution in [0.3, 0.4) is 0 Å². The summed E-state index contributed by atoms with van der Waals surface area (Å²) in [5, 5.41) is 28.6. The predicted octanol–water partition coefficient (Wildman–Crippen LogP) is 0.621. The van der Waals surface area contributed by atoms with Gasteiger partial charge in [0.15, 0.2) is 0 Å². The first-order chi connectivity index (χ1) is 9.16. The molecule has 0 aliphatic carbocycles. The van der Waals surface area contributed by atoms with E-state index in [1.165, 1.54) is 12.8 Å². The fourth-order valence-electron chi connectivity index (χ4n) is 1.97. The summed E-state index contributed by atoms with van der Waals surface area (Å²) in [6, 6.07) is 0. The van der Waals surface area contributed by atoms with Crippen LogP contribution in [0.5, 0.6) is 0 Å². The Labute approximate surface area is 114 Å². The average molecular weight is 274 g/mol. The van der Waals surface area contributed by atoms with Crippen molar-refractivity contribution in [3.05, 3.63) is 12.2 Å². The normalized spacial score (nSPS) is 29.2. The Balaban J connectivity index is 2.04. The molecule has 5 nitrogen and oxygen atoms in total. The molecule has 0 unspecified atom stereocenters. The minimum Gasteiger partial charge on any atom is -0.388 e. The lowest BCUT2D eigenvalue weighted by Crippen LogP contribution is -2.40. The molecule has 0 amide bonds. The van der Waals surface area contributed by atoms with Gasteiger partial charge >= 0.3 is 0 Å².